The van der Waals surface area contributed by atoms with Crippen molar-refractivity contribution in [3.63, 3.8) is 0 Å². The molecule has 1 fully saturated rings. The fraction of sp³-hybridized carbons (Fsp3) is 0.500. The number of nitrogens with one attached hydrogen (secondary N) is 1. The molecule has 1 saturated heterocycles. The van der Waals surface area contributed by atoms with Crippen molar-refractivity contribution in [3.05, 3.63) is 46.8 Å². The number of piperidine rings is 1. The van der Waals surface area contributed by atoms with Crippen molar-refractivity contribution in [2.45, 2.75) is 55.9 Å². The van der Waals surface area contributed by atoms with Crippen LogP contribution in [0.4, 0.5) is 0 Å². The number of fused-ring (bicyclic) bond motifs is 1. The SMILES string of the molecule is Cc1ccc2c(c1)OC(C)(C)C[C@@H]2NC(=O)[C@@H]1CCCN(S(=O)(=O)c2cccs2)C1. The number of nitrogens with zero attached hydrogens (tertiary/aromatic N) is 1. The van der Waals surface area contributed by atoms with Crippen molar-refractivity contribution in [1.82, 2.24) is 9.62 Å². The first-order valence-electron chi connectivity index (χ1n) is 10.3. The molecule has 6 nitrogen and oxygen atoms in total. The Morgan fingerprint density at radius 2 is 2.10 bits per heavy atom. The predicted molar refractivity (Wildman–Crippen MR) is 117 cm³/mol. The zero-order valence-corrected chi connectivity index (χ0v) is 19.2. The maximum Gasteiger partial charge on any atom is 0.252 e. The van der Waals surface area contributed by atoms with Gasteiger partial charge in [0.25, 0.3) is 10.0 Å². The molecule has 2 aliphatic rings. The van der Waals surface area contributed by atoms with Gasteiger partial charge in [0.1, 0.15) is 15.6 Å². The minimum absolute atomic E-state index is 0.0877. The van der Waals surface area contributed by atoms with E-state index in [-0.39, 0.29) is 30.0 Å². The van der Waals surface area contributed by atoms with Crippen LogP contribution in [0.5, 0.6) is 5.75 Å². The Balaban J connectivity index is 1.50. The minimum atomic E-state index is -3.54. The molecule has 2 atom stereocenters. The molecule has 4 rings (SSSR count). The largest absolute Gasteiger partial charge is 0.487 e. The molecule has 0 saturated carbocycles. The van der Waals surface area contributed by atoms with Crippen LogP contribution < -0.4 is 10.1 Å². The molecule has 162 valence electrons. The molecule has 3 heterocycles. The monoisotopic (exact) mass is 448 g/mol. The lowest BCUT2D eigenvalue weighted by atomic mass is 9.88. The van der Waals surface area contributed by atoms with Gasteiger partial charge in [0.05, 0.1) is 12.0 Å². The van der Waals surface area contributed by atoms with Crippen molar-refractivity contribution in [2.24, 2.45) is 5.92 Å². The Kier molecular flexibility index (Phi) is 5.67. The van der Waals surface area contributed by atoms with E-state index >= 15 is 0 Å². The maximum atomic E-state index is 13.1. The lowest BCUT2D eigenvalue weighted by Gasteiger charge is -2.39. The number of rotatable bonds is 4. The van der Waals surface area contributed by atoms with Gasteiger partial charge in [0, 0.05) is 25.1 Å². The van der Waals surface area contributed by atoms with Crippen molar-refractivity contribution in [2.75, 3.05) is 13.1 Å². The van der Waals surface area contributed by atoms with Crippen molar-refractivity contribution in [3.8, 4) is 5.75 Å². The molecule has 8 heteroatoms. The van der Waals surface area contributed by atoms with Gasteiger partial charge in [-0.25, -0.2) is 8.42 Å². The number of carbonyl (C=O) groups is 1. The molecule has 0 bridgehead atoms. The lowest BCUT2D eigenvalue weighted by molar-refractivity contribution is -0.127. The van der Waals surface area contributed by atoms with E-state index in [1.54, 1.807) is 17.5 Å². The van der Waals surface area contributed by atoms with Crippen molar-refractivity contribution in [1.29, 1.82) is 0 Å². The second-order valence-corrected chi connectivity index (χ2v) is 11.9. The van der Waals surface area contributed by atoms with E-state index in [0.29, 0.717) is 30.0 Å². The number of thiophene rings is 1. The Hall–Kier alpha value is -1.90. The minimum Gasteiger partial charge on any atom is -0.487 e. The summed E-state index contributed by atoms with van der Waals surface area (Å²) in [4.78, 5) is 13.1. The highest BCUT2D eigenvalue weighted by Gasteiger charge is 2.38. The van der Waals surface area contributed by atoms with Crippen LogP contribution >= 0.6 is 11.3 Å². The zero-order chi connectivity index (χ0) is 21.5. The highest BCUT2D eigenvalue weighted by Crippen LogP contribution is 2.40. The molecule has 1 aromatic carbocycles. The second-order valence-electron chi connectivity index (χ2n) is 8.80. The first kappa shape index (κ1) is 21.3. The normalized spacial score (nSPS) is 24.0. The van der Waals surface area contributed by atoms with Crippen LogP contribution in [0.1, 0.15) is 50.3 Å². The Morgan fingerprint density at radius 1 is 1.30 bits per heavy atom. The standard InChI is InChI=1S/C22H28N2O4S2/c1-15-8-9-17-18(13-22(2,3)28-19(17)12-15)23-21(25)16-6-4-10-24(14-16)30(26,27)20-7-5-11-29-20/h5,7-9,11-12,16,18H,4,6,10,13-14H2,1-3H3,(H,23,25)/t16-,18+/m1/s1. The van der Waals surface area contributed by atoms with E-state index in [0.717, 1.165) is 16.9 Å². The third-order valence-corrected chi connectivity index (χ3v) is 9.03. The van der Waals surface area contributed by atoms with E-state index in [1.165, 1.54) is 15.6 Å². The summed E-state index contributed by atoms with van der Waals surface area (Å²) < 4.78 is 33.7. The number of aryl methyl sites for hydroxylation is 1. The summed E-state index contributed by atoms with van der Waals surface area (Å²) in [5, 5.41) is 4.95. The number of sulfonamides is 1. The van der Waals surface area contributed by atoms with Gasteiger partial charge in [-0.05, 0) is 56.7 Å². The third-order valence-electron chi connectivity index (χ3n) is 5.79. The maximum absolute atomic E-state index is 13.1. The smallest absolute Gasteiger partial charge is 0.252 e. The number of hydrogen-bond acceptors (Lipinski definition) is 5. The molecule has 2 aromatic rings. The van der Waals surface area contributed by atoms with Crippen LogP contribution in [-0.4, -0.2) is 37.3 Å². The zero-order valence-electron chi connectivity index (χ0n) is 17.6. The van der Waals surface area contributed by atoms with E-state index in [2.05, 4.69) is 5.32 Å². The van der Waals surface area contributed by atoms with Gasteiger partial charge >= 0.3 is 0 Å². The van der Waals surface area contributed by atoms with Crippen LogP contribution in [0.2, 0.25) is 0 Å². The van der Waals surface area contributed by atoms with Crippen molar-refractivity contribution < 1.29 is 17.9 Å². The van der Waals surface area contributed by atoms with Gasteiger partial charge in [-0.2, -0.15) is 4.31 Å². The Morgan fingerprint density at radius 3 is 2.83 bits per heavy atom. The van der Waals surface area contributed by atoms with Gasteiger partial charge in [0.2, 0.25) is 5.91 Å². The summed E-state index contributed by atoms with van der Waals surface area (Å²) in [6.45, 7) is 6.74. The summed E-state index contributed by atoms with van der Waals surface area (Å²) >= 11 is 1.21. The summed E-state index contributed by atoms with van der Waals surface area (Å²) in [6, 6.07) is 9.24. The van der Waals surface area contributed by atoms with E-state index in [9.17, 15) is 13.2 Å². The molecule has 0 unspecified atom stereocenters. The molecule has 2 aliphatic heterocycles. The number of carbonyl (C=O) groups excluding carboxylic acids is 1. The molecule has 30 heavy (non-hydrogen) atoms. The molecule has 0 radical (unpaired) electrons. The number of hydrogen-bond donors (Lipinski definition) is 1. The van der Waals surface area contributed by atoms with Gasteiger partial charge in [0.15, 0.2) is 0 Å². The quantitative estimate of drug-likeness (QED) is 0.770. The fourth-order valence-corrected chi connectivity index (χ4v) is 6.96. The number of amides is 1. The topological polar surface area (TPSA) is 75.7 Å². The summed E-state index contributed by atoms with van der Waals surface area (Å²) in [5.74, 6) is 0.366. The predicted octanol–water partition coefficient (Wildman–Crippen LogP) is 3.88. The average Bonchev–Trinajstić information content (AvgIpc) is 3.22. The number of ether oxygens (including phenoxy) is 1. The highest BCUT2D eigenvalue weighted by atomic mass is 32.2. The molecule has 1 N–H and O–H groups in total. The number of benzene rings is 1. The van der Waals surface area contributed by atoms with Gasteiger partial charge in [-0.15, -0.1) is 11.3 Å². The van der Waals surface area contributed by atoms with Gasteiger partial charge < -0.3 is 10.1 Å². The molecule has 1 aromatic heterocycles. The highest BCUT2D eigenvalue weighted by molar-refractivity contribution is 7.91. The van der Waals surface area contributed by atoms with Crippen LogP contribution in [-0.2, 0) is 14.8 Å². The Labute approximate surface area is 182 Å². The molecular weight excluding hydrogens is 420 g/mol. The van der Waals surface area contributed by atoms with E-state index in [1.807, 2.05) is 39.0 Å². The van der Waals surface area contributed by atoms with Gasteiger partial charge in [-0.1, -0.05) is 18.2 Å². The molecular formula is C22H28N2O4S2. The second kappa shape index (κ2) is 7.98. The fourth-order valence-electron chi connectivity index (χ4n) is 4.29. The first-order valence-corrected chi connectivity index (χ1v) is 12.6. The van der Waals surface area contributed by atoms with Crippen LogP contribution in [0.25, 0.3) is 0 Å². The molecule has 0 spiro atoms. The summed E-state index contributed by atoms with van der Waals surface area (Å²) in [6.07, 6.45) is 2.03. The first-order chi connectivity index (χ1) is 14.2. The van der Waals surface area contributed by atoms with Crippen LogP contribution in [0, 0.1) is 12.8 Å². The van der Waals surface area contributed by atoms with E-state index < -0.39 is 10.0 Å². The van der Waals surface area contributed by atoms with Crippen molar-refractivity contribution >= 4 is 27.3 Å². The third kappa shape index (κ3) is 4.26. The van der Waals surface area contributed by atoms with Crippen LogP contribution in [0.15, 0.2) is 39.9 Å². The molecule has 1 amide bonds. The van der Waals surface area contributed by atoms with Gasteiger partial charge in [-0.3, -0.25) is 4.79 Å². The Bertz CT molecular complexity index is 1030. The van der Waals surface area contributed by atoms with E-state index in [4.69, 9.17) is 4.74 Å². The summed E-state index contributed by atoms with van der Waals surface area (Å²) in [7, 11) is -3.54. The lowest BCUT2D eigenvalue weighted by Crippen LogP contribution is -2.47. The summed E-state index contributed by atoms with van der Waals surface area (Å²) in [5.41, 5.74) is 1.70. The van der Waals surface area contributed by atoms with Crippen LogP contribution in [0.3, 0.4) is 0 Å². The average molecular weight is 449 g/mol. The molecule has 0 aliphatic carbocycles.